The minimum Gasteiger partial charge on any atom is -0.276 e. The second-order valence-electron chi connectivity index (χ2n) is 3.10. The fourth-order valence-electron chi connectivity index (χ4n) is 0.991. The lowest BCUT2D eigenvalue weighted by atomic mass is 10.3. The highest BCUT2D eigenvalue weighted by atomic mass is 127. The van der Waals surface area contributed by atoms with E-state index in [-0.39, 0.29) is 0 Å². The van der Waals surface area contributed by atoms with Crippen LogP contribution < -0.4 is 5.43 Å². The van der Waals surface area contributed by atoms with Gasteiger partial charge in [-0.3, -0.25) is 5.43 Å². The second kappa shape index (κ2) is 7.57. The van der Waals surface area contributed by atoms with E-state index in [0.717, 1.165) is 22.1 Å². The molecule has 16 heavy (non-hydrogen) atoms. The van der Waals surface area contributed by atoms with Crippen molar-refractivity contribution >= 4 is 90.2 Å². The molecular formula is C10H10ClI3N2. The number of hydrogen-bond acceptors (Lipinski definition) is 2. The molecule has 0 aliphatic carbocycles. The topological polar surface area (TPSA) is 24.4 Å². The summed E-state index contributed by atoms with van der Waals surface area (Å²) in [6.07, 6.45) is 1.82. The van der Waals surface area contributed by atoms with Crippen LogP contribution in [0.4, 0.5) is 5.69 Å². The van der Waals surface area contributed by atoms with Crippen LogP contribution in [0.1, 0.15) is 19.8 Å². The molecule has 0 bridgehead atoms. The van der Waals surface area contributed by atoms with Gasteiger partial charge in [-0.25, -0.2) is 0 Å². The van der Waals surface area contributed by atoms with E-state index in [4.69, 9.17) is 11.6 Å². The third-order valence-electron chi connectivity index (χ3n) is 1.76. The summed E-state index contributed by atoms with van der Waals surface area (Å²) < 4.78 is 3.60. The maximum Gasteiger partial charge on any atom is 0.126 e. The number of rotatable bonds is 4. The molecule has 1 rings (SSSR count). The summed E-state index contributed by atoms with van der Waals surface area (Å²) in [7, 11) is 0. The number of hydrogen-bond donors (Lipinski definition) is 1. The highest BCUT2D eigenvalue weighted by Gasteiger charge is 2.04. The minimum atomic E-state index is 0.617. The zero-order chi connectivity index (χ0) is 12.1. The van der Waals surface area contributed by atoms with Crippen LogP contribution in [-0.4, -0.2) is 5.17 Å². The van der Waals surface area contributed by atoms with E-state index in [9.17, 15) is 0 Å². The van der Waals surface area contributed by atoms with Crippen molar-refractivity contribution in [2.24, 2.45) is 5.10 Å². The van der Waals surface area contributed by atoms with Gasteiger partial charge in [-0.15, -0.1) is 0 Å². The summed E-state index contributed by atoms with van der Waals surface area (Å²) in [5.41, 5.74) is 4.01. The van der Waals surface area contributed by atoms with E-state index in [1.54, 1.807) is 0 Å². The highest BCUT2D eigenvalue weighted by Crippen LogP contribution is 2.25. The summed E-state index contributed by atoms with van der Waals surface area (Å²) in [4.78, 5) is 0. The fraction of sp³-hybridized carbons (Fsp3) is 0.300. The third-order valence-corrected chi connectivity index (χ3v) is 5.75. The van der Waals surface area contributed by atoms with E-state index in [1.165, 1.54) is 7.14 Å². The molecule has 2 nitrogen and oxygen atoms in total. The molecule has 0 aliphatic heterocycles. The molecular weight excluding hydrogens is 564 g/mol. The molecule has 0 spiro atoms. The van der Waals surface area contributed by atoms with Gasteiger partial charge in [0.15, 0.2) is 0 Å². The molecule has 0 saturated heterocycles. The quantitative estimate of drug-likeness (QED) is 0.226. The Morgan fingerprint density at radius 3 is 2.50 bits per heavy atom. The van der Waals surface area contributed by atoms with Crippen LogP contribution in [0.25, 0.3) is 0 Å². The molecule has 0 aromatic heterocycles. The van der Waals surface area contributed by atoms with Crippen LogP contribution >= 0.6 is 79.4 Å². The Morgan fingerprint density at radius 2 is 1.88 bits per heavy atom. The van der Waals surface area contributed by atoms with Crippen molar-refractivity contribution in [3.8, 4) is 0 Å². The molecule has 0 atom stereocenters. The molecule has 6 heteroatoms. The summed E-state index contributed by atoms with van der Waals surface area (Å²) in [6.45, 7) is 2.08. The van der Waals surface area contributed by atoms with Crippen LogP contribution in [-0.2, 0) is 0 Å². The lowest BCUT2D eigenvalue weighted by Crippen LogP contribution is -1.98. The van der Waals surface area contributed by atoms with Gasteiger partial charge in [0.2, 0.25) is 0 Å². The number of nitrogens with one attached hydrogen (secondary N) is 1. The van der Waals surface area contributed by atoms with E-state index < -0.39 is 0 Å². The maximum absolute atomic E-state index is 5.94. The lowest BCUT2D eigenvalue weighted by Gasteiger charge is -2.06. The molecule has 0 heterocycles. The van der Waals surface area contributed by atoms with E-state index in [0.29, 0.717) is 5.17 Å². The van der Waals surface area contributed by atoms with Gasteiger partial charge < -0.3 is 0 Å². The maximum atomic E-state index is 5.94. The fourth-order valence-corrected chi connectivity index (χ4v) is 3.34. The van der Waals surface area contributed by atoms with Crippen LogP contribution in [0.15, 0.2) is 17.2 Å². The smallest absolute Gasteiger partial charge is 0.126 e. The monoisotopic (exact) mass is 574 g/mol. The summed E-state index contributed by atoms with van der Waals surface area (Å²) in [5.74, 6) is 0. The predicted molar refractivity (Wildman–Crippen MR) is 96.4 cm³/mol. The van der Waals surface area contributed by atoms with Crippen molar-refractivity contribution in [3.05, 3.63) is 22.8 Å². The Balaban J connectivity index is 2.82. The Morgan fingerprint density at radius 1 is 1.25 bits per heavy atom. The second-order valence-corrected chi connectivity index (χ2v) is 7.02. The molecule has 0 saturated carbocycles. The van der Waals surface area contributed by atoms with Gasteiger partial charge in [0.25, 0.3) is 0 Å². The van der Waals surface area contributed by atoms with E-state index >= 15 is 0 Å². The summed E-state index contributed by atoms with van der Waals surface area (Å²) in [6, 6.07) is 4.19. The van der Waals surface area contributed by atoms with Crippen LogP contribution in [0.5, 0.6) is 0 Å². The number of hydrazone groups is 1. The van der Waals surface area contributed by atoms with Gasteiger partial charge in [0, 0.05) is 17.1 Å². The molecule has 0 fully saturated rings. The molecule has 0 radical (unpaired) electrons. The van der Waals surface area contributed by atoms with Gasteiger partial charge in [-0.05, 0) is 86.3 Å². The highest BCUT2D eigenvalue weighted by molar-refractivity contribution is 14.1. The van der Waals surface area contributed by atoms with Crippen molar-refractivity contribution in [2.45, 2.75) is 19.8 Å². The van der Waals surface area contributed by atoms with Crippen LogP contribution in [0.2, 0.25) is 0 Å². The number of benzene rings is 1. The van der Waals surface area contributed by atoms with Gasteiger partial charge >= 0.3 is 0 Å². The van der Waals surface area contributed by atoms with Crippen molar-refractivity contribution in [2.75, 3.05) is 5.43 Å². The first-order valence-corrected chi connectivity index (χ1v) is 8.28. The van der Waals surface area contributed by atoms with Crippen molar-refractivity contribution < 1.29 is 0 Å². The first-order chi connectivity index (χ1) is 7.54. The first-order valence-electron chi connectivity index (χ1n) is 4.67. The van der Waals surface area contributed by atoms with Gasteiger partial charge in [0.1, 0.15) is 5.17 Å². The van der Waals surface area contributed by atoms with Gasteiger partial charge in [0.05, 0.1) is 5.69 Å². The van der Waals surface area contributed by atoms with E-state index in [2.05, 4.69) is 97.4 Å². The molecule has 1 aromatic carbocycles. The SMILES string of the molecule is CCCC(Cl)=NNc1cc(I)c(I)cc1I. The zero-order valence-electron chi connectivity index (χ0n) is 8.53. The number of halogens is 4. The standard InChI is InChI=1S/C10H10ClI3N2/c1-2-3-10(11)16-15-9-5-7(13)6(12)4-8(9)14/h4-5,15H,2-3H2,1H3. The van der Waals surface area contributed by atoms with E-state index in [1.807, 2.05) is 0 Å². The zero-order valence-corrected chi connectivity index (χ0v) is 15.8. The van der Waals surface area contributed by atoms with Crippen molar-refractivity contribution in [3.63, 3.8) is 0 Å². The minimum absolute atomic E-state index is 0.617. The molecule has 1 N–H and O–H groups in total. The first kappa shape index (κ1) is 15.2. The largest absolute Gasteiger partial charge is 0.276 e. The third kappa shape index (κ3) is 4.81. The van der Waals surface area contributed by atoms with Crippen LogP contribution in [0, 0.1) is 10.7 Å². The van der Waals surface area contributed by atoms with Crippen molar-refractivity contribution in [1.29, 1.82) is 0 Å². The number of anilines is 1. The molecule has 0 unspecified atom stereocenters. The summed E-state index contributed by atoms with van der Waals surface area (Å²) >= 11 is 12.9. The Hall–Kier alpha value is 1.17. The molecule has 0 amide bonds. The normalized spacial score (nSPS) is 11.7. The Labute approximate surface area is 141 Å². The van der Waals surface area contributed by atoms with Gasteiger partial charge in [-0.1, -0.05) is 18.5 Å². The lowest BCUT2D eigenvalue weighted by molar-refractivity contribution is 0.999. The molecule has 0 aliphatic rings. The van der Waals surface area contributed by atoms with Gasteiger partial charge in [-0.2, -0.15) is 5.10 Å². The molecule has 88 valence electrons. The van der Waals surface area contributed by atoms with Crippen molar-refractivity contribution in [1.82, 2.24) is 0 Å². The predicted octanol–water partition coefficient (Wildman–Crippen LogP) is 5.26. The van der Waals surface area contributed by atoms with Crippen LogP contribution in [0.3, 0.4) is 0 Å². The Bertz CT molecular complexity index is 407. The average molecular weight is 574 g/mol. The summed E-state index contributed by atoms with van der Waals surface area (Å²) in [5, 5.41) is 4.75. The molecule has 1 aromatic rings. The average Bonchev–Trinajstić information content (AvgIpc) is 2.22. The number of nitrogens with zero attached hydrogens (tertiary/aromatic N) is 1. The Kier molecular flexibility index (Phi) is 7.21.